The lowest BCUT2D eigenvalue weighted by atomic mass is 10.1. The van der Waals surface area contributed by atoms with Gasteiger partial charge in [0.2, 0.25) is 0 Å². The van der Waals surface area contributed by atoms with E-state index in [2.05, 4.69) is 6.58 Å². The number of hydrogen-bond acceptors (Lipinski definition) is 2. The summed E-state index contributed by atoms with van der Waals surface area (Å²) in [6, 6.07) is 0. The van der Waals surface area contributed by atoms with E-state index in [1.807, 2.05) is 0 Å². The highest BCUT2D eigenvalue weighted by molar-refractivity contribution is 5.78. The molecule has 0 aromatic carbocycles. The minimum absolute atomic E-state index is 0.0717. The van der Waals surface area contributed by atoms with Gasteiger partial charge in [-0.3, -0.25) is 4.79 Å². The van der Waals surface area contributed by atoms with Crippen LogP contribution in [0.5, 0.6) is 0 Å². The number of Topliss-reactive ketones (excluding diaryl/α,β-unsaturated/α-hetero) is 1. The highest BCUT2D eigenvalue weighted by Gasteiger charge is 2.03. The molecule has 0 amide bonds. The predicted molar refractivity (Wildman–Crippen MR) is 36.1 cm³/mol. The van der Waals surface area contributed by atoms with Crippen molar-refractivity contribution < 1.29 is 9.90 Å². The van der Waals surface area contributed by atoms with Crippen molar-refractivity contribution >= 4 is 5.78 Å². The van der Waals surface area contributed by atoms with Crippen LogP contribution in [0.15, 0.2) is 12.7 Å². The number of aliphatic hydroxyl groups excluding tert-OH is 1. The monoisotopic (exact) mass is 128 g/mol. The zero-order valence-electron chi connectivity index (χ0n) is 5.63. The van der Waals surface area contributed by atoms with Crippen LogP contribution >= 0.6 is 0 Å². The van der Waals surface area contributed by atoms with E-state index < -0.39 is 6.10 Å². The topological polar surface area (TPSA) is 37.3 Å². The highest BCUT2D eigenvalue weighted by atomic mass is 16.3. The van der Waals surface area contributed by atoms with Crippen LogP contribution in [0.3, 0.4) is 0 Å². The molecule has 2 heteroatoms. The number of hydrogen-bond donors (Lipinski definition) is 1. The Morgan fingerprint density at radius 2 is 2.44 bits per heavy atom. The largest absolute Gasteiger partial charge is 0.389 e. The first-order chi connectivity index (χ1) is 4.20. The molecule has 9 heavy (non-hydrogen) atoms. The number of rotatable bonds is 4. The average molecular weight is 128 g/mol. The molecule has 0 aliphatic carbocycles. The van der Waals surface area contributed by atoms with E-state index in [4.69, 9.17) is 5.11 Å². The first-order valence-corrected chi connectivity index (χ1v) is 3.03. The lowest BCUT2D eigenvalue weighted by Gasteiger charge is -1.99. The number of carbonyl (C=O) groups is 1. The third-order valence-corrected chi connectivity index (χ3v) is 1.10. The Morgan fingerprint density at radius 3 is 2.78 bits per heavy atom. The van der Waals surface area contributed by atoms with Crippen LogP contribution in [0.25, 0.3) is 0 Å². The van der Waals surface area contributed by atoms with E-state index in [-0.39, 0.29) is 12.2 Å². The number of aliphatic hydroxyl groups is 1. The van der Waals surface area contributed by atoms with E-state index in [0.717, 1.165) is 0 Å². The summed E-state index contributed by atoms with van der Waals surface area (Å²) in [7, 11) is 0. The summed E-state index contributed by atoms with van der Waals surface area (Å²) in [5.74, 6) is 0.0717. The van der Waals surface area contributed by atoms with E-state index in [9.17, 15) is 4.79 Å². The summed E-state index contributed by atoms with van der Waals surface area (Å²) in [6.45, 7) is 5.12. The molecule has 0 saturated carbocycles. The molecule has 1 N–H and O–H groups in total. The smallest absolute Gasteiger partial charge is 0.135 e. The zero-order valence-corrected chi connectivity index (χ0v) is 5.63. The Bertz CT molecular complexity index is 107. The van der Waals surface area contributed by atoms with Gasteiger partial charge in [0.05, 0.1) is 6.10 Å². The van der Waals surface area contributed by atoms with Crippen molar-refractivity contribution in [2.24, 2.45) is 0 Å². The molecule has 2 nitrogen and oxygen atoms in total. The third-order valence-electron chi connectivity index (χ3n) is 1.10. The SMILES string of the molecule is C=CC(O)CC(=O)CC. The maximum atomic E-state index is 10.6. The molecule has 0 saturated heterocycles. The van der Waals surface area contributed by atoms with Gasteiger partial charge in [0.15, 0.2) is 0 Å². The van der Waals surface area contributed by atoms with Gasteiger partial charge in [-0.15, -0.1) is 6.58 Å². The second kappa shape index (κ2) is 4.27. The van der Waals surface area contributed by atoms with Crippen molar-refractivity contribution in [3.8, 4) is 0 Å². The van der Waals surface area contributed by atoms with Gasteiger partial charge < -0.3 is 5.11 Å². The fraction of sp³-hybridized carbons (Fsp3) is 0.571. The molecule has 0 rings (SSSR count). The van der Waals surface area contributed by atoms with Crippen molar-refractivity contribution in [2.45, 2.75) is 25.9 Å². The summed E-state index contributed by atoms with van der Waals surface area (Å²) in [5.41, 5.74) is 0. The molecule has 0 spiro atoms. The predicted octanol–water partition coefficient (Wildman–Crippen LogP) is 0.902. The fourth-order valence-corrected chi connectivity index (χ4v) is 0.461. The lowest BCUT2D eigenvalue weighted by molar-refractivity contribution is -0.120. The zero-order chi connectivity index (χ0) is 7.28. The van der Waals surface area contributed by atoms with Gasteiger partial charge in [-0.25, -0.2) is 0 Å². The average Bonchev–Trinajstić information content (AvgIpc) is 1.87. The lowest BCUT2D eigenvalue weighted by Crippen LogP contribution is -2.08. The molecule has 0 fully saturated rings. The summed E-state index contributed by atoms with van der Waals surface area (Å²) >= 11 is 0. The van der Waals surface area contributed by atoms with Gasteiger partial charge in [-0.2, -0.15) is 0 Å². The summed E-state index contributed by atoms with van der Waals surface area (Å²) in [5, 5.41) is 8.82. The van der Waals surface area contributed by atoms with Crippen LogP contribution < -0.4 is 0 Å². The van der Waals surface area contributed by atoms with Crippen molar-refractivity contribution in [3.05, 3.63) is 12.7 Å². The Morgan fingerprint density at radius 1 is 1.89 bits per heavy atom. The second-order valence-electron chi connectivity index (χ2n) is 1.90. The Balaban J connectivity index is 3.46. The molecule has 0 bridgehead atoms. The Labute approximate surface area is 55.2 Å². The van der Waals surface area contributed by atoms with E-state index in [0.29, 0.717) is 6.42 Å². The van der Waals surface area contributed by atoms with Crippen LogP contribution in [0.4, 0.5) is 0 Å². The molecule has 0 aliphatic rings. The second-order valence-corrected chi connectivity index (χ2v) is 1.90. The van der Waals surface area contributed by atoms with Crippen molar-refractivity contribution in [3.63, 3.8) is 0 Å². The fourth-order valence-electron chi connectivity index (χ4n) is 0.461. The molecule has 0 heterocycles. The molecule has 0 aromatic heterocycles. The first-order valence-electron chi connectivity index (χ1n) is 3.03. The van der Waals surface area contributed by atoms with Gasteiger partial charge >= 0.3 is 0 Å². The standard InChI is InChI=1S/C7H12O2/c1-3-6(8)5-7(9)4-2/h3,6,8H,1,4-5H2,2H3. The quantitative estimate of drug-likeness (QED) is 0.571. The van der Waals surface area contributed by atoms with Crippen molar-refractivity contribution in [2.75, 3.05) is 0 Å². The van der Waals surface area contributed by atoms with Crippen molar-refractivity contribution in [1.82, 2.24) is 0 Å². The van der Waals surface area contributed by atoms with Gasteiger partial charge in [0, 0.05) is 12.8 Å². The van der Waals surface area contributed by atoms with Gasteiger partial charge in [-0.05, 0) is 0 Å². The molecule has 0 aliphatic heterocycles. The maximum absolute atomic E-state index is 10.6. The molecular weight excluding hydrogens is 116 g/mol. The minimum atomic E-state index is -0.655. The number of carbonyl (C=O) groups excluding carboxylic acids is 1. The number of ketones is 1. The molecule has 1 unspecified atom stereocenters. The van der Waals surface area contributed by atoms with Gasteiger partial charge in [-0.1, -0.05) is 13.0 Å². The van der Waals surface area contributed by atoms with Gasteiger partial charge in [0.25, 0.3) is 0 Å². The van der Waals surface area contributed by atoms with E-state index >= 15 is 0 Å². The summed E-state index contributed by atoms with van der Waals surface area (Å²) in [4.78, 5) is 10.6. The normalized spacial score (nSPS) is 12.7. The van der Waals surface area contributed by atoms with Crippen LogP contribution in [0.1, 0.15) is 19.8 Å². The minimum Gasteiger partial charge on any atom is -0.389 e. The van der Waals surface area contributed by atoms with Crippen molar-refractivity contribution in [1.29, 1.82) is 0 Å². The highest BCUT2D eigenvalue weighted by Crippen LogP contribution is 1.95. The van der Waals surface area contributed by atoms with Crippen LogP contribution in [-0.2, 0) is 4.79 Å². The molecule has 0 radical (unpaired) electrons. The summed E-state index contributed by atoms with van der Waals surface area (Å²) in [6.07, 6.45) is 1.41. The van der Waals surface area contributed by atoms with Crippen LogP contribution in [0.2, 0.25) is 0 Å². The third kappa shape index (κ3) is 3.91. The van der Waals surface area contributed by atoms with Crippen LogP contribution in [-0.4, -0.2) is 17.0 Å². The first kappa shape index (κ1) is 8.37. The maximum Gasteiger partial charge on any atom is 0.135 e. The molecule has 1 atom stereocenters. The van der Waals surface area contributed by atoms with E-state index in [1.54, 1.807) is 6.92 Å². The van der Waals surface area contributed by atoms with E-state index in [1.165, 1.54) is 6.08 Å². The van der Waals surface area contributed by atoms with Gasteiger partial charge in [0.1, 0.15) is 5.78 Å². The Kier molecular flexibility index (Phi) is 3.97. The molecular formula is C7H12O2. The summed E-state index contributed by atoms with van der Waals surface area (Å²) < 4.78 is 0. The van der Waals surface area contributed by atoms with Crippen LogP contribution in [0, 0.1) is 0 Å². The molecule has 52 valence electrons. The molecule has 0 aromatic rings. The Hall–Kier alpha value is -0.630.